The molecule has 4 nitrogen and oxygen atoms in total. The van der Waals surface area contributed by atoms with Gasteiger partial charge < -0.3 is 10.2 Å². The van der Waals surface area contributed by atoms with E-state index in [9.17, 15) is 9.59 Å². The Morgan fingerprint density at radius 2 is 1.92 bits per heavy atom. The van der Waals surface area contributed by atoms with Crippen LogP contribution in [0.5, 0.6) is 0 Å². The summed E-state index contributed by atoms with van der Waals surface area (Å²) in [5, 5.41) is 3.66. The van der Waals surface area contributed by atoms with E-state index in [4.69, 9.17) is 11.6 Å². The number of nitrogens with one attached hydrogen (secondary N) is 1. The van der Waals surface area contributed by atoms with Crippen LogP contribution in [0.3, 0.4) is 0 Å². The van der Waals surface area contributed by atoms with Crippen molar-refractivity contribution in [2.45, 2.75) is 12.8 Å². The maximum Gasteiger partial charge on any atom is 0.229 e. The van der Waals surface area contributed by atoms with Crippen molar-refractivity contribution in [2.24, 2.45) is 5.92 Å². The topological polar surface area (TPSA) is 49.4 Å². The lowest BCUT2D eigenvalue weighted by molar-refractivity contribution is -0.135. The van der Waals surface area contributed by atoms with Gasteiger partial charge in [0.2, 0.25) is 11.8 Å². The van der Waals surface area contributed by atoms with Crippen LogP contribution in [0, 0.1) is 5.92 Å². The minimum absolute atomic E-state index is 0.0393. The highest BCUT2D eigenvalue weighted by Crippen LogP contribution is 2.25. The molecule has 1 aliphatic heterocycles. The van der Waals surface area contributed by atoms with Crippen LogP contribution in [0.15, 0.2) is 48.5 Å². The molecule has 0 bridgehead atoms. The number of hydrogen-bond donors (Lipinski definition) is 1. The van der Waals surface area contributed by atoms with Gasteiger partial charge in [0.05, 0.1) is 5.92 Å². The number of anilines is 1. The molecule has 0 spiro atoms. The molecule has 2 aromatic rings. The molecule has 0 aromatic heterocycles. The Labute approximate surface area is 146 Å². The molecule has 3 rings (SSSR count). The fourth-order valence-corrected chi connectivity index (χ4v) is 3.02. The minimum atomic E-state index is -0.160. The molecule has 1 unspecified atom stereocenters. The Kier molecular flexibility index (Phi) is 4.86. The normalized spacial score (nSPS) is 17.7. The Hall–Kier alpha value is -2.33. The summed E-state index contributed by atoms with van der Waals surface area (Å²) in [5.74, 6) is -0.0988. The van der Waals surface area contributed by atoms with Crippen LogP contribution in [-0.4, -0.2) is 30.3 Å². The molecule has 2 aromatic carbocycles. The molecule has 0 radical (unpaired) electrons. The third-order valence-electron chi connectivity index (χ3n) is 4.31. The standard InChI is InChI=1S/C19H19ClN2O2/c1-22-12-15(7-10-18(22)23)19(24)21-17-4-2-3-14(11-17)13-5-8-16(20)9-6-13/h2-6,8-9,11,15H,7,10,12H2,1H3,(H,21,24). The van der Waals surface area contributed by atoms with Crippen molar-refractivity contribution < 1.29 is 9.59 Å². The number of likely N-dealkylation sites (tertiary alicyclic amines) is 1. The maximum absolute atomic E-state index is 12.4. The average Bonchev–Trinajstić information content (AvgIpc) is 2.58. The van der Waals surface area contributed by atoms with E-state index in [-0.39, 0.29) is 17.7 Å². The van der Waals surface area contributed by atoms with Crippen LogP contribution < -0.4 is 5.32 Å². The van der Waals surface area contributed by atoms with Crippen molar-refractivity contribution >= 4 is 29.1 Å². The number of benzene rings is 2. The lowest BCUT2D eigenvalue weighted by Crippen LogP contribution is -2.41. The summed E-state index contributed by atoms with van der Waals surface area (Å²) in [7, 11) is 1.74. The number of rotatable bonds is 3. The molecule has 1 aliphatic rings. The predicted molar refractivity (Wildman–Crippen MR) is 95.9 cm³/mol. The molecule has 2 amide bonds. The van der Waals surface area contributed by atoms with Crippen molar-refractivity contribution in [3.63, 3.8) is 0 Å². The molecular weight excluding hydrogens is 324 g/mol. The first-order valence-corrected chi connectivity index (χ1v) is 8.31. The number of hydrogen-bond acceptors (Lipinski definition) is 2. The largest absolute Gasteiger partial charge is 0.345 e. The number of carbonyl (C=O) groups is 2. The van der Waals surface area contributed by atoms with E-state index in [1.54, 1.807) is 11.9 Å². The van der Waals surface area contributed by atoms with Crippen LogP contribution in [-0.2, 0) is 9.59 Å². The molecule has 1 fully saturated rings. The Morgan fingerprint density at radius 3 is 2.62 bits per heavy atom. The fourth-order valence-electron chi connectivity index (χ4n) is 2.89. The van der Waals surface area contributed by atoms with E-state index >= 15 is 0 Å². The van der Waals surface area contributed by atoms with Gasteiger partial charge in [-0.15, -0.1) is 0 Å². The van der Waals surface area contributed by atoms with Gasteiger partial charge in [0.15, 0.2) is 0 Å². The van der Waals surface area contributed by atoms with Crippen molar-refractivity contribution in [1.29, 1.82) is 0 Å². The third-order valence-corrected chi connectivity index (χ3v) is 4.56. The molecule has 1 heterocycles. The van der Waals surface area contributed by atoms with Crippen LogP contribution in [0.1, 0.15) is 12.8 Å². The first-order chi connectivity index (χ1) is 11.5. The second kappa shape index (κ2) is 7.05. The number of amides is 2. The van der Waals surface area contributed by atoms with Gasteiger partial charge in [0, 0.05) is 30.7 Å². The van der Waals surface area contributed by atoms with Crippen LogP contribution >= 0.6 is 11.6 Å². The SMILES string of the molecule is CN1CC(C(=O)Nc2cccc(-c3ccc(Cl)cc3)c2)CCC1=O. The third kappa shape index (κ3) is 3.77. The Morgan fingerprint density at radius 1 is 1.17 bits per heavy atom. The van der Waals surface area contributed by atoms with Crippen molar-refractivity contribution in [1.82, 2.24) is 4.90 Å². The minimum Gasteiger partial charge on any atom is -0.345 e. The van der Waals surface area contributed by atoms with Gasteiger partial charge in [0.1, 0.15) is 0 Å². The molecule has 24 heavy (non-hydrogen) atoms. The summed E-state index contributed by atoms with van der Waals surface area (Å²) in [5.41, 5.74) is 2.81. The van der Waals surface area contributed by atoms with Gasteiger partial charge >= 0.3 is 0 Å². The van der Waals surface area contributed by atoms with Gasteiger partial charge in [-0.3, -0.25) is 9.59 Å². The van der Waals surface area contributed by atoms with Gasteiger partial charge in [0.25, 0.3) is 0 Å². The molecule has 1 atom stereocenters. The molecule has 5 heteroatoms. The summed E-state index contributed by atoms with van der Waals surface area (Å²) >= 11 is 5.92. The van der Waals surface area contributed by atoms with Crippen LogP contribution in [0.25, 0.3) is 11.1 Å². The Balaban J connectivity index is 1.71. The average molecular weight is 343 g/mol. The first kappa shape index (κ1) is 16.5. The van der Waals surface area contributed by atoms with Crippen LogP contribution in [0.2, 0.25) is 5.02 Å². The quantitative estimate of drug-likeness (QED) is 0.922. The molecule has 124 valence electrons. The molecular formula is C19H19ClN2O2. The molecule has 1 saturated heterocycles. The first-order valence-electron chi connectivity index (χ1n) is 7.94. The zero-order valence-electron chi connectivity index (χ0n) is 13.5. The second-order valence-corrected chi connectivity index (χ2v) is 6.52. The van der Waals surface area contributed by atoms with E-state index in [0.717, 1.165) is 16.8 Å². The van der Waals surface area contributed by atoms with E-state index < -0.39 is 0 Å². The summed E-state index contributed by atoms with van der Waals surface area (Å²) in [4.78, 5) is 25.6. The highest BCUT2D eigenvalue weighted by molar-refractivity contribution is 6.30. The smallest absolute Gasteiger partial charge is 0.229 e. The number of halogens is 1. The van der Waals surface area contributed by atoms with Gasteiger partial charge in [-0.1, -0.05) is 35.9 Å². The molecule has 1 N–H and O–H groups in total. The predicted octanol–water partition coefficient (Wildman–Crippen LogP) is 3.81. The summed E-state index contributed by atoms with van der Waals surface area (Å²) < 4.78 is 0. The lowest BCUT2D eigenvalue weighted by Gasteiger charge is -2.28. The van der Waals surface area contributed by atoms with Crippen LogP contribution in [0.4, 0.5) is 5.69 Å². The van der Waals surface area contributed by atoms with E-state index in [1.807, 2.05) is 48.5 Å². The van der Waals surface area contributed by atoms with E-state index in [1.165, 1.54) is 0 Å². The number of nitrogens with zero attached hydrogens (tertiary/aromatic N) is 1. The van der Waals surface area contributed by atoms with Crippen molar-refractivity contribution in [3.8, 4) is 11.1 Å². The second-order valence-electron chi connectivity index (χ2n) is 6.09. The fraction of sp³-hybridized carbons (Fsp3) is 0.263. The lowest BCUT2D eigenvalue weighted by atomic mass is 9.97. The monoisotopic (exact) mass is 342 g/mol. The van der Waals surface area contributed by atoms with Crippen molar-refractivity contribution in [3.05, 3.63) is 53.6 Å². The van der Waals surface area contributed by atoms with E-state index in [2.05, 4.69) is 5.32 Å². The number of piperidine rings is 1. The molecule has 0 aliphatic carbocycles. The molecule has 0 saturated carbocycles. The zero-order chi connectivity index (χ0) is 17.1. The highest BCUT2D eigenvalue weighted by atomic mass is 35.5. The summed E-state index contributed by atoms with van der Waals surface area (Å²) in [6.45, 7) is 0.474. The summed E-state index contributed by atoms with van der Waals surface area (Å²) in [6, 6.07) is 15.3. The maximum atomic E-state index is 12.4. The van der Waals surface area contributed by atoms with Gasteiger partial charge in [-0.05, 0) is 41.8 Å². The highest BCUT2D eigenvalue weighted by Gasteiger charge is 2.28. The number of carbonyl (C=O) groups excluding carboxylic acids is 2. The van der Waals surface area contributed by atoms with Gasteiger partial charge in [-0.25, -0.2) is 0 Å². The van der Waals surface area contributed by atoms with Gasteiger partial charge in [-0.2, -0.15) is 0 Å². The summed E-state index contributed by atoms with van der Waals surface area (Å²) in [6.07, 6.45) is 1.03. The zero-order valence-corrected chi connectivity index (χ0v) is 14.2. The van der Waals surface area contributed by atoms with E-state index in [0.29, 0.717) is 24.4 Å². The Bertz CT molecular complexity index is 758. The van der Waals surface area contributed by atoms with Crippen molar-refractivity contribution in [2.75, 3.05) is 18.9 Å².